The number of rotatable bonds is 13. The summed E-state index contributed by atoms with van der Waals surface area (Å²) in [7, 11) is -2.80. The van der Waals surface area contributed by atoms with Crippen LogP contribution in [0.4, 0.5) is 5.69 Å². The molecule has 44 heavy (non-hydrogen) atoms. The molecular formula is C33H33Cl2N3O5S. The van der Waals surface area contributed by atoms with Crippen LogP contribution in [0, 0.1) is 0 Å². The number of nitrogens with zero attached hydrogens (tertiary/aromatic N) is 2. The van der Waals surface area contributed by atoms with Crippen molar-refractivity contribution in [3.05, 3.63) is 124 Å². The smallest absolute Gasteiger partial charge is 0.264 e. The molecule has 4 aromatic rings. The van der Waals surface area contributed by atoms with Crippen LogP contribution in [0.3, 0.4) is 0 Å². The Bertz CT molecular complexity index is 1670. The number of carbonyl (C=O) groups excluding carboxylic acids is 2. The summed E-state index contributed by atoms with van der Waals surface area (Å²) in [5.41, 5.74) is 1.73. The molecule has 0 saturated heterocycles. The normalized spacial score (nSPS) is 11.8. The fourth-order valence-corrected chi connectivity index (χ4v) is 6.37. The van der Waals surface area contributed by atoms with Gasteiger partial charge in [-0.05, 0) is 66.6 Å². The van der Waals surface area contributed by atoms with Gasteiger partial charge in [0, 0.05) is 30.1 Å². The zero-order valence-corrected chi connectivity index (χ0v) is 26.6. The van der Waals surface area contributed by atoms with E-state index in [1.807, 2.05) is 30.3 Å². The Morgan fingerprint density at radius 2 is 1.41 bits per heavy atom. The van der Waals surface area contributed by atoms with Crippen molar-refractivity contribution in [3.63, 3.8) is 0 Å². The molecule has 1 unspecified atom stereocenters. The van der Waals surface area contributed by atoms with Crippen LogP contribution in [0.2, 0.25) is 10.0 Å². The van der Waals surface area contributed by atoms with Gasteiger partial charge < -0.3 is 15.0 Å². The maximum atomic E-state index is 14.4. The van der Waals surface area contributed by atoms with E-state index in [4.69, 9.17) is 27.9 Å². The largest absolute Gasteiger partial charge is 0.492 e. The monoisotopic (exact) mass is 653 g/mol. The first-order valence-electron chi connectivity index (χ1n) is 13.9. The summed E-state index contributed by atoms with van der Waals surface area (Å²) >= 11 is 12.2. The van der Waals surface area contributed by atoms with E-state index in [1.165, 1.54) is 36.2 Å². The van der Waals surface area contributed by atoms with Crippen LogP contribution in [-0.4, -0.2) is 51.4 Å². The van der Waals surface area contributed by atoms with Gasteiger partial charge in [-0.3, -0.25) is 13.9 Å². The van der Waals surface area contributed by atoms with Gasteiger partial charge >= 0.3 is 0 Å². The number of para-hydroxylation sites is 2. The van der Waals surface area contributed by atoms with E-state index in [9.17, 15) is 18.0 Å². The summed E-state index contributed by atoms with van der Waals surface area (Å²) in [6.07, 6.45) is 0.208. The predicted octanol–water partition coefficient (Wildman–Crippen LogP) is 5.97. The van der Waals surface area contributed by atoms with E-state index in [0.29, 0.717) is 15.6 Å². The van der Waals surface area contributed by atoms with Crippen LogP contribution in [0.5, 0.6) is 5.75 Å². The number of carbonyl (C=O) groups is 2. The summed E-state index contributed by atoms with van der Waals surface area (Å²) in [5.74, 6) is -0.692. The molecule has 0 aliphatic rings. The van der Waals surface area contributed by atoms with E-state index in [-0.39, 0.29) is 35.9 Å². The summed E-state index contributed by atoms with van der Waals surface area (Å²) in [6.45, 7) is 1.48. The third-order valence-corrected chi connectivity index (χ3v) is 9.18. The van der Waals surface area contributed by atoms with Crippen LogP contribution >= 0.6 is 23.2 Å². The number of likely N-dealkylation sites (N-methyl/N-ethyl adjacent to an activating group) is 1. The summed E-state index contributed by atoms with van der Waals surface area (Å²) in [6, 6.07) is 27.6. The lowest BCUT2D eigenvalue weighted by Gasteiger charge is -2.34. The molecule has 0 heterocycles. The second kappa shape index (κ2) is 15.1. The second-order valence-electron chi connectivity index (χ2n) is 9.83. The van der Waals surface area contributed by atoms with Gasteiger partial charge in [0.2, 0.25) is 11.8 Å². The molecule has 4 rings (SSSR count). The van der Waals surface area contributed by atoms with E-state index < -0.39 is 34.4 Å². The average Bonchev–Trinajstić information content (AvgIpc) is 3.03. The molecule has 0 bridgehead atoms. The highest BCUT2D eigenvalue weighted by molar-refractivity contribution is 7.92. The highest BCUT2D eigenvalue weighted by Gasteiger charge is 2.35. The molecule has 0 spiro atoms. The molecule has 0 aromatic heterocycles. The van der Waals surface area contributed by atoms with Crippen LogP contribution in [0.15, 0.2) is 108 Å². The van der Waals surface area contributed by atoms with Gasteiger partial charge in [-0.1, -0.05) is 77.8 Å². The summed E-state index contributed by atoms with van der Waals surface area (Å²) in [4.78, 5) is 29.1. The summed E-state index contributed by atoms with van der Waals surface area (Å²) in [5, 5.41) is 3.55. The van der Waals surface area contributed by atoms with Crippen molar-refractivity contribution in [3.8, 4) is 5.75 Å². The van der Waals surface area contributed by atoms with Crippen molar-refractivity contribution >= 4 is 50.7 Å². The quantitative estimate of drug-likeness (QED) is 0.192. The van der Waals surface area contributed by atoms with Crippen LogP contribution in [0.1, 0.15) is 18.1 Å². The van der Waals surface area contributed by atoms with Crippen molar-refractivity contribution in [2.45, 2.75) is 30.8 Å². The minimum absolute atomic E-state index is 0.0306. The van der Waals surface area contributed by atoms with Gasteiger partial charge in [0.1, 0.15) is 18.3 Å². The molecule has 4 aromatic carbocycles. The Labute approximate surface area is 268 Å². The highest BCUT2D eigenvalue weighted by Crippen LogP contribution is 2.33. The van der Waals surface area contributed by atoms with E-state index >= 15 is 0 Å². The number of hydrogen-bond donors (Lipinski definition) is 1. The maximum absolute atomic E-state index is 14.4. The van der Waals surface area contributed by atoms with Crippen molar-refractivity contribution in [2.24, 2.45) is 0 Å². The van der Waals surface area contributed by atoms with Gasteiger partial charge in [0.15, 0.2) is 0 Å². The number of amides is 2. The minimum atomic E-state index is -4.30. The number of anilines is 1. The number of sulfonamides is 1. The molecule has 11 heteroatoms. The molecule has 1 atom stereocenters. The first kappa shape index (κ1) is 32.9. The van der Waals surface area contributed by atoms with Gasteiger partial charge in [-0.2, -0.15) is 0 Å². The van der Waals surface area contributed by atoms with E-state index in [2.05, 4.69) is 5.32 Å². The Morgan fingerprint density at radius 3 is 2.02 bits per heavy atom. The number of nitrogens with one attached hydrogen (secondary N) is 1. The molecular weight excluding hydrogens is 621 g/mol. The van der Waals surface area contributed by atoms with Gasteiger partial charge in [0.05, 0.1) is 17.2 Å². The highest BCUT2D eigenvalue weighted by atomic mass is 35.5. The SMILES string of the molecule is CCOc1ccccc1N(CC(=O)N(Cc1ccc(Cl)cc1)C(Cc1ccccc1)C(=O)NC)S(=O)(=O)c1ccc(Cl)cc1. The lowest BCUT2D eigenvalue weighted by molar-refractivity contribution is -0.139. The van der Waals surface area contributed by atoms with Gasteiger partial charge in [-0.15, -0.1) is 0 Å². The Kier molecular flexibility index (Phi) is 11.3. The van der Waals surface area contributed by atoms with Gasteiger partial charge in [0.25, 0.3) is 10.0 Å². The summed E-state index contributed by atoms with van der Waals surface area (Å²) < 4.78 is 35.1. The molecule has 0 aliphatic carbocycles. The number of benzene rings is 4. The molecule has 0 fully saturated rings. The van der Waals surface area contributed by atoms with Crippen LogP contribution in [-0.2, 0) is 32.6 Å². The lowest BCUT2D eigenvalue weighted by Crippen LogP contribution is -2.53. The minimum Gasteiger partial charge on any atom is -0.492 e. The maximum Gasteiger partial charge on any atom is 0.264 e. The van der Waals surface area contributed by atoms with Crippen LogP contribution in [0.25, 0.3) is 0 Å². The molecule has 2 amide bonds. The number of hydrogen-bond acceptors (Lipinski definition) is 5. The number of halogens is 2. The molecule has 0 radical (unpaired) electrons. The van der Waals surface area contributed by atoms with Crippen molar-refractivity contribution in [1.29, 1.82) is 0 Å². The fraction of sp³-hybridized carbons (Fsp3) is 0.212. The zero-order valence-electron chi connectivity index (χ0n) is 24.3. The topological polar surface area (TPSA) is 96.0 Å². The lowest BCUT2D eigenvalue weighted by atomic mass is 10.0. The molecule has 1 N–H and O–H groups in total. The van der Waals surface area contributed by atoms with Crippen molar-refractivity contribution in [2.75, 3.05) is 24.5 Å². The Morgan fingerprint density at radius 1 is 0.818 bits per heavy atom. The van der Waals surface area contributed by atoms with Crippen molar-refractivity contribution < 1.29 is 22.7 Å². The molecule has 8 nitrogen and oxygen atoms in total. The van der Waals surface area contributed by atoms with Crippen molar-refractivity contribution in [1.82, 2.24) is 10.2 Å². The molecule has 0 aliphatic heterocycles. The van der Waals surface area contributed by atoms with E-state index in [0.717, 1.165) is 9.87 Å². The zero-order chi connectivity index (χ0) is 31.7. The first-order valence-corrected chi connectivity index (χ1v) is 16.1. The average molecular weight is 655 g/mol. The Balaban J connectivity index is 1.82. The molecule has 0 saturated carbocycles. The third-order valence-electron chi connectivity index (χ3n) is 6.90. The second-order valence-corrected chi connectivity index (χ2v) is 12.6. The van der Waals surface area contributed by atoms with E-state index in [1.54, 1.807) is 55.5 Å². The first-order chi connectivity index (χ1) is 21.1. The third kappa shape index (κ3) is 8.11. The van der Waals surface area contributed by atoms with Crippen LogP contribution < -0.4 is 14.4 Å². The predicted molar refractivity (Wildman–Crippen MR) is 174 cm³/mol. The Hall–Kier alpha value is -4.05. The fourth-order valence-electron chi connectivity index (χ4n) is 4.69. The standard InChI is InChI=1S/C33H33Cl2N3O5S/c1-3-43-31-12-8-7-11-29(31)38(44(41,42)28-19-17-27(35)18-20-28)23-32(39)37(22-25-13-15-26(34)16-14-25)30(33(40)36-2)21-24-9-5-4-6-10-24/h4-20,30H,3,21-23H2,1-2H3,(H,36,40). The number of ether oxygens (including phenoxy) is 1. The van der Waals surface area contributed by atoms with Gasteiger partial charge in [-0.25, -0.2) is 8.42 Å². The molecule has 230 valence electrons.